The molecule has 7 N–H and O–H groups in total. The molecule has 23 nitrogen and oxygen atoms in total. The second-order valence-electron chi connectivity index (χ2n) is 23.3. The fourth-order valence-electron chi connectivity index (χ4n) is 10.9. The highest BCUT2D eigenvalue weighted by atomic mass is 19.4. The van der Waals surface area contributed by atoms with Crippen molar-refractivity contribution in [3.05, 3.63) is 215 Å². The molecule has 29 heteroatoms. The van der Waals surface area contributed by atoms with Gasteiger partial charge in [0, 0.05) is 17.8 Å². The number of hydrogen-bond donors (Lipinski definition) is 6. The van der Waals surface area contributed by atoms with Gasteiger partial charge in [0.1, 0.15) is 65.6 Å². The molecule has 5 amide bonds. The number of nitrogens with two attached hydrogens (primary N) is 1. The fourth-order valence-corrected chi connectivity index (χ4v) is 10.9. The van der Waals surface area contributed by atoms with E-state index in [4.69, 9.17) is 62.6 Å². The topological polar surface area (TPSA) is 282 Å². The molecule has 0 radical (unpaired) electrons. The molecule has 0 aromatic heterocycles. The highest BCUT2D eigenvalue weighted by Gasteiger charge is 2.53. The molecule has 4 unspecified atom stereocenters. The maximum Gasteiger partial charge on any atom is 0.416 e. The maximum atomic E-state index is 14.8. The van der Waals surface area contributed by atoms with Crippen LogP contribution in [0.2, 0.25) is 0 Å². The fraction of sp³-hybridized carbons (Fsp3) is 0.347. The van der Waals surface area contributed by atoms with E-state index >= 15 is 0 Å². The molecule has 2 fully saturated rings. The molecular formula is C72H76F6N6O17. The van der Waals surface area contributed by atoms with Gasteiger partial charge >= 0.3 is 36.4 Å². The Morgan fingerprint density at radius 1 is 0.515 bits per heavy atom. The third kappa shape index (κ3) is 22.1. The first kappa shape index (κ1) is 75.4. The third-order valence-electron chi connectivity index (χ3n) is 16.2. The van der Waals surface area contributed by atoms with Crippen LogP contribution in [-0.2, 0) is 86.3 Å². The molecule has 10 atom stereocenters. The number of anilines is 2. The number of hydrogen-bond acceptors (Lipinski definition) is 18. The zero-order valence-corrected chi connectivity index (χ0v) is 55.2. The summed E-state index contributed by atoms with van der Waals surface area (Å²) in [6.07, 6.45) is -19.3. The first-order chi connectivity index (χ1) is 48.5. The van der Waals surface area contributed by atoms with Crippen LogP contribution in [0.1, 0.15) is 56.6 Å². The van der Waals surface area contributed by atoms with Gasteiger partial charge in [-0.2, -0.15) is 26.3 Å². The first-order valence-electron chi connectivity index (χ1n) is 31.7. The lowest BCUT2D eigenvalue weighted by Crippen LogP contribution is -2.71. The summed E-state index contributed by atoms with van der Waals surface area (Å²) < 4.78 is 159. The van der Waals surface area contributed by atoms with Gasteiger partial charge in [0.2, 0.25) is 5.91 Å². The van der Waals surface area contributed by atoms with Crippen molar-refractivity contribution in [2.75, 3.05) is 58.9 Å². The molecule has 2 aliphatic heterocycles. The molecule has 7 aromatic carbocycles. The predicted octanol–water partition coefficient (Wildman–Crippen LogP) is 10.5. The average Bonchev–Trinajstić information content (AvgIpc) is 0.771. The minimum absolute atomic E-state index is 0.0248. The van der Waals surface area contributed by atoms with Crippen molar-refractivity contribution in [3.8, 4) is 23.0 Å². The second kappa shape index (κ2) is 36.0. The Hall–Kier alpha value is -9.85. The summed E-state index contributed by atoms with van der Waals surface area (Å²) in [5, 5.41) is 13.3. The zero-order valence-electron chi connectivity index (χ0n) is 55.2. The number of alkyl halides is 6. The van der Waals surface area contributed by atoms with Gasteiger partial charge in [-0.3, -0.25) is 4.79 Å². The molecule has 0 bridgehead atoms. The van der Waals surface area contributed by atoms with Gasteiger partial charge in [0.25, 0.3) is 0 Å². The first-order valence-corrected chi connectivity index (χ1v) is 31.7. The number of benzene rings is 7. The summed E-state index contributed by atoms with van der Waals surface area (Å²) in [4.78, 5) is 70.0. The van der Waals surface area contributed by atoms with Crippen LogP contribution in [-0.4, -0.2) is 139 Å². The molecule has 0 spiro atoms. The molecule has 0 saturated carbocycles. The van der Waals surface area contributed by atoms with Gasteiger partial charge in [-0.05, 0) is 126 Å². The van der Waals surface area contributed by atoms with Crippen molar-refractivity contribution in [2.24, 2.45) is 5.73 Å². The highest BCUT2D eigenvalue weighted by Crippen LogP contribution is 2.36. The molecular weight excluding hydrogens is 1330 g/mol. The van der Waals surface area contributed by atoms with Gasteiger partial charge < -0.3 is 89.2 Å². The molecule has 7 aromatic rings. The van der Waals surface area contributed by atoms with Crippen LogP contribution < -0.4 is 51.3 Å². The number of carbonyl (C=O) groups excluding carboxylic acids is 5. The molecule has 2 saturated heterocycles. The number of carbonyl (C=O) groups is 5. The number of ether oxygens (including phenoxy) is 12. The summed E-state index contributed by atoms with van der Waals surface area (Å²) in [7, 11) is 5.99. The Morgan fingerprint density at radius 3 is 1.45 bits per heavy atom. The Bertz CT molecular complexity index is 3830. The second-order valence-corrected chi connectivity index (χ2v) is 23.3. The predicted molar refractivity (Wildman–Crippen MR) is 352 cm³/mol. The van der Waals surface area contributed by atoms with Gasteiger partial charge in [0.05, 0.1) is 103 Å². The largest absolute Gasteiger partial charge is 0.497 e. The Kier molecular flexibility index (Phi) is 26.8. The van der Waals surface area contributed by atoms with Gasteiger partial charge in [0.15, 0.2) is 6.29 Å². The summed E-state index contributed by atoms with van der Waals surface area (Å²) in [6.45, 7) is -1.58. The van der Waals surface area contributed by atoms with Gasteiger partial charge in [-0.25, -0.2) is 19.2 Å². The van der Waals surface area contributed by atoms with Crippen LogP contribution in [0.3, 0.4) is 0 Å². The van der Waals surface area contributed by atoms with Gasteiger partial charge in [-0.1, -0.05) is 78.9 Å². The molecule has 9 rings (SSSR count). The SMILES string of the molecule is COc1ccc(COCC2OCC(NC(=O)Nc3cccc(C(F)(F)F)c3)[C@@H](O[C@@H]3OC(COCc4ccc(OC)cc4)[C@H](OCc4ccc(OC)cc4)[C@H](OCc4ccc(OC)cc4)C3NC(=O)Nc3cccc(C(F)(F)F)c3)[C@H]2NC(=O)CC[C@@H](N)C(=O)OC(=O)c2ccccc2)cc1. The highest BCUT2D eigenvalue weighted by molar-refractivity contribution is 5.98. The van der Waals surface area contributed by atoms with Crippen LogP contribution in [0.25, 0.3) is 0 Å². The van der Waals surface area contributed by atoms with Gasteiger partial charge in [-0.15, -0.1) is 0 Å². The lowest BCUT2D eigenvalue weighted by atomic mass is 9.93. The standard InChI is InChI=1S/C72H76F6N6O17/c1-90-52-24-16-43(17-25-52)36-94-41-58-61(83-60(85)33-32-56(79)67(87)101-66(86)47-10-6-5-7-11-47)63(57(40-96-58)82-69(88)80-50-14-8-12-48(34-50)71(73,74)75)100-68-62(84-70(89)81-51-15-9-13-49(35-51)72(76,77)78)65(98-39-46-22-30-55(93-4)31-23-46)64(97-38-45-20-28-54(92-3)29-21-45)59(99-68)42-95-37-44-18-26-53(91-2)27-19-44/h5-31,34-35,56-59,61-65,68H,32-33,36-42,79H2,1-4H3,(H,83,85)(H2,80,82,88)(H2,81,84,89)/t56-,57?,58?,59?,61+,62?,63-,64+,65-,68+/m1/s1. The lowest BCUT2D eigenvalue weighted by molar-refractivity contribution is -0.309. The average molecular weight is 1410 g/mol. The minimum atomic E-state index is -4.83. The number of methoxy groups -OCH3 is 4. The van der Waals surface area contributed by atoms with Crippen molar-refractivity contribution in [1.29, 1.82) is 0 Å². The number of esters is 2. The summed E-state index contributed by atoms with van der Waals surface area (Å²) in [5.41, 5.74) is 6.10. The van der Waals surface area contributed by atoms with Crippen molar-refractivity contribution < 1.29 is 107 Å². The normalized spacial score (nSPS) is 20.1. The van der Waals surface area contributed by atoms with E-state index in [-0.39, 0.29) is 56.6 Å². The number of nitrogens with one attached hydrogen (secondary N) is 5. The van der Waals surface area contributed by atoms with Crippen LogP contribution in [0.5, 0.6) is 23.0 Å². The molecule has 2 aliphatic rings. The summed E-state index contributed by atoms with van der Waals surface area (Å²) >= 11 is 0. The molecule has 538 valence electrons. The van der Waals surface area contributed by atoms with Crippen molar-refractivity contribution >= 4 is 41.3 Å². The number of halogens is 6. The summed E-state index contributed by atoms with van der Waals surface area (Å²) in [5.74, 6) is -0.815. The third-order valence-corrected chi connectivity index (χ3v) is 16.2. The van der Waals surface area contributed by atoms with Crippen LogP contribution >= 0.6 is 0 Å². The van der Waals surface area contributed by atoms with E-state index in [1.54, 1.807) is 115 Å². The van der Waals surface area contributed by atoms with Crippen LogP contribution in [0.15, 0.2) is 176 Å². The molecule has 101 heavy (non-hydrogen) atoms. The minimum Gasteiger partial charge on any atom is -0.497 e. The number of rotatable bonds is 30. The molecule has 2 heterocycles. The van der Waals surface area contributed by atoms with Crippen LogP contribution in [0, 0.1) is 0 Å². The number of urea groups is 2. The smallest absolute Gasteiger partial charge is 0.416 e. The number of amides is 5. The zero-order chi connectivity index (χ0) is 72.1. The van der Waals surface area contributed by atoms with E-state index in [1.807, 2.05) is 0 Å². The maximum absolute atomic E-state index is 14.8. The lowest BCUT2D eigenvalue weighted by Gasteiger charge is -2.49. The molecule has 0 aliphatic carbocycles. The van der Waals surface area contributed by atoms with Crippen molar-refractivity contribution in [1.82, 2.24) is 16.0 Å². The quantitative estimate of drug-likeness (QED) is 0.0139. The van der Waals surface area contributed by atoms with E-state index in [2.05, 4.69) is 26.6 Å². The van der Waals surface area contributed by atoms with Crippen molar-refractivity contribution in [2.45, 2.75) is 113 Å². The van der Waals surface area contributed by atoms with E-state index < -0.39 is 134 Å². The van der Waals surface area contributed by atoms with Crippen molar-refractivity contribution in [3.63, 3.8) is 0 Å². The van der Waals surface area contributed by atoms with E-state index in [0.717, 1.165) is 24.3 Å². The Balaban J connectivity index is 1.14. The summed E-state index contributed by atoms with van der Waals surface area (Å²) in [6, 6.07) is 34.5. The van der Waals surface area contributed by atoms with Crippen LogP contribution in [0.4, 0.5) is 47.3 Å². The van der Waals surface area contributed by atoms with E-state index in [1.165, 1.54) is 52.7 Å². The van der Waals surface area contributed by atoms with E-state index in [0.29, 0.717) is 57.4 Å². The van der Waals surface area contributed by atoms with E-state index in [9.17, 15) is 50.3 Å². The Morgan fingerprint density at radius 2 is 0.970 bits per heavy atom. The monoisotopic (exact) mass is 1410 g/mol. The Labute approximate surface area is 577 Å².